The van der Waals surface area contributed by atoms with Crippen LogP contribution >= 0.6 is 12.4 Å². The maximum atomic E-state index is 12.4. The van der Waals surface area contributed by atoms with Gasteiger partial charge in [0, 0.05) is 11.6 Å². The van der Waals surface area contributed by atoms with Crippen molar-refractivity contribution in [2.45, 2.75) is 17.9 Å². The average molecular weight is 311 g/mol. The number of hydrogen-bond acceptors (Lipinski definition) is 4. The van der Waals surface area contributed by atoms with E-state index in [4.69, 9.17) is 15.6 Å². The van der Waals surface area contributed by atoms with E-state index in [9.17, 15) is 12.8 Å². The molecule has 0 spiro atoms. The van der Waals surface area contributed by atoms with Crippen molar-refractivity contribution in [1.82, 2.24) is 0 Å². The van der Waals surface area contributed by atoms with E-state index in [1.54, 1.807) is 6.92 Å². The van der Waals surface area contributed by atoms with Gasteiger partial charge >= 0.3 is 0 Å². The molecular weight excluding hydrogens is 295 g/mol. The zero-order chi connectivity index (χ0) is 13.8. The van der Waals surface area contributed by atoms with Crippen LogP contribution in [0.3, 0.4) is 0 Å². The number of rotatable bonds is 5. The number of primary sulfonamides is 1. The molecule has 0 saturated heterocycles. The summed E-state index contributed by atoms with van der Waals surface area (Å²) in [6.07, 6.45) is 0.406. The van der Waals surface area contributed by atoms with E-state index < -0.39 is 16.1 Å². The third-order valence-electron chi connectivity index (χ3n) is 2.28. The van der Waals surface area contributed by atoms with Crippen LogP contribution in [-0.4, -0.2) is 21.1 Å². The predicted octanol–water partition coefficient (Wildman–Crippen LogP) is 1.34. The van der Waals surface area contributed by atoms with Crippen LogP contribution in [0.5, 0.6) is 5.75 Å². The highest BCUT2D eigenvalue weighted by molar-refractivity contribution is 7.89. The van der Waals surface area contributed by atoms with E-state index in [1.807, 2.05) is 0 Å². The van der Waals surface area contributed by atoms with Gasteiger partial charge in [0.15, 0.2) is 0 Å². The van der Waals surface area contributed by atoms with E-state index in [2.05, 4.69) is 0 Å². The van der Waals surface area contributed by atoms with Gasteiger partial charge in [-0.2, -0.15) is 0 Å². The van der Waals surface area contributed by atoms with Crippen LogP contribution in [-0.2, 0) is 10.0 Å². The quantitative estimate of drug-likeness (QED) is 0.857. The highest BCUT2D eigenvalue weighted by atomic mass is 35.5. The summed E-state index contributed by atoms with van der Waals surface area (Å²) in [7, 11) is -3.72. The molecule has 0 aromatic heterocycles. The summed E-state index contributed by atoms with van der Waals surface area (Å²) < 4.78 is 39.7. The van der Waals surface area contributed by atoms with Gasteiger partial charge in [-0.1, -0.05) is 0 Å². The molecule has 1 rings (SSSR count). The van der Waals surface area contributed by atoms with E-state index in [0.717, 1.165) is 0 Å². The third-order valence-corrected chi connectivity index (χ3v) is 3.21. The normalized spacial score (nSPS) is 13.6. The number of hydrogen-bond donors (Lipinski definition) is 2. The summed E-state index contributed by atoms with van der Waals surface area (Å²) in [5, 5.41) is 4.95. The van der Waals surface area contributed by atoms with Crippen LogP contribution in [0.2, 0.25) is 0 Å². The summed E-state index contributed by atoms with van der Waals surface area (Å²) >= 11 is 0. The fraction of sp³-hybridized carbons (Fsp3) is 0.273. The van der Waals surface area contributed by atoms with Crippen molar-refractivity contribution >= 4 is 22.4 Å². The maximum absolute atomic E-state index is 12.4. The molecule has 1 atom stereocenters. The van der Waals surface area contributed by atoms with Gasteiger partial charge in [-0.15, -0.1) is 12.4 Å². The minimum Gasteiger partial charge on any atom is -0.489 e. The van der Waals surface area contributed by atoms with Gasteiger partial charge in [0.2, 0.25) is 10.0 Å². The molecule has 1 aromatic rings. The number of sulfonamides is 1. The Labute approximate surface area is 117 Å². The maximum Gasteiger partial charge on any atom is 0.238 e. The lowest BCUT2D eigenvalue weighted by Crippen LogP contribution is -2.22. The minimum atomic E-state index is -3.72. The number of halogens is 2. The van der Waals surface area contributed by atoms with E-state index in [0.29, 0.717) is 17.7 Å². The third kappa shape index (κ3) is 5.56. The van der Waals surface area contributed by atoms with Crippen molar-refractivity contribution in [1.29, 1.82) is 0 Å². The Kier molecular flexibility index (Phi) is 6.99. The Morgan fingerprint density at radius 2 is 1.95 bits per heavy atom. The lowest BCUT2D eigenvalue weighted by Gasteiger charge is -2.11. The molecule has 108 valence electrons. The van der Waals surface area contributed by atoms with Gasteiger partial charge in [-0.25, -0.2) is 17.9 Å². The van der Waals surface area contributed by atoms with E-state index in [-0.39, 0.29) is 23.9 Å². The molecule has 0 unspecified atom stereocenters. The van der Waals surface area contributed by atoms with Crippen molar-refractivity contribution in [2.75, 3.05) is 6.61 Å². The molecule has 5 nitrogen and oxygen atoms in total. The van der Waals surface area contributed by atoms with Gasteiger partial charge in [0.25, 0.3) is 0 Å². The molecule has 0 bridgehead atoms. The fourth-order valence-corrected chi connectivity index (χ4v) is 1.67. The van der Waals surface area contributed by atoms with Crippen LogP contribution in [0, 0.1) is 0 Å². The highest BCUT2D eigenvalue weighted by Crippen LogP contribution is 2.16. The molecule has 0 aliphatic heterocycles. The number of ether oxygens (including phenoxy) is 1. The predicted molar refractivity (Wildman–Crippen MR) is 73.4 cm³/mol. The number of benzene rings is 1. The first kappa shape index (κ1) is 17.8. The first-order chi connectivity index (χ1) is 8.34. The van der Waals surface area contributed by atoms with Crippen molar-refractivity contribution in [2.24, 2.45) is 10.9 Å². The van der Waals surface area contributed by atoms with E-state index >= 15 is 0 Å². The molecule has 0 aliphatic carbocycles. The van der Waals surface area contributed by atoms with Gasteiger partial charge in [-0.3, -0.25) is 0 Å². The topological polar surface area (TPSA) is 95.4 Å². The lowest BCUT2D eigenvalue weighted by atomic mass is 10.2. The Balaban J connectivity index is 0.00000324. The molecule has 0 fully saturated rings. The smallest absolute Gasteiger partial charge is 0.238 e. The monoisotopic (exact) mass is 310 g/mol. The Morgan fingerprint density at radius 1 is 1.42 bits per heavy atom. The molecule has 0 amide bonds. The van der Waals surface area contributed by atoms with Crippen molar-refractivity contribution < 1.29 is 17.5 Å². The zero-order valence-electron chi connectivity index (χ0n) is 10.2. The fourth-order valence-electron chi connectivity index (χ4n) is 1.15. The van der Waals surface area contributed by atoms with Gasteiger partial charge < -0.3 is 10.5 Å². The minimum absolute atomic E-state index is 0. The Hall–Kier alpha value is -1.15. The summed E-state index contributed by atoms with van der Waals surface area (Å²) in [4.78, 5) is -0.0108. The second kappa shape index (κ2) is 7.44. The lowest BCUT2D eigenvalue weighted by molar-refractivity contribution is 0.341. The van der Waals surface area contributed by atoms with Crippen molar-refractivity contribution in [3.8, 4) is 5.75 Å². The van der Waals surface area contributed by atoms with Crippen LogP contribution in [0.15, 0.2) is 41.1 Å². The van der Waals surface area contributed by atoms with E-state index in [1.165, 1.54) is 24.3 Å². The molecule has 0 radical (unpaired) electrons. The molecule has 1 aromatic carbocycles. The first-order valence-electron chi connectivity index (χ1n) is 5.15. The molecule has 0 saturated carbocycles. The zero-order valence-corrected chi connectivity index (χ0v) is 11.9. The highest BCUT2D eigenvalue weighted by Gasteiger charge is 2.08. The molecule has 0 heterocycles. The van der Waals surface area contributed by atoms with Crippen LogP contribution in [0.1, 0.15) is 6.92 Å². The Morgan fingerprint density at radius 3 is 2.32 bits per heavy atom. The largest absolute Gasteiger partial charge is 0.489 e. The number of nitrogens with two attached hydrogens (primary N) is 2. The summed E-state index contributed by atoms with van der Waals surface area (Å²) in [5.74, 6) is 0.405. The Bertz CT molecular complexity index is 529. The van der Waals surface area contributed by atoms with Crippen molar-refractivity contribution in [3.63, 3.8) is 0 Å². The van der Waals surface area contributed by atoms with Crippen LogP contribution < -0.4 is 15.6 Å². The average Bonchev–Trinajstić information content (AvgIpc) is 2.29. The summed E-state index contributed by atoms with van der Waals surface area (Å²) in [5.41, 5.74) is 5.82. The molecule has 0 aliphatic rings. The van der Waals surface area contributed by atoms with Gasteiger partial charge in [0.05, 0.1) is 11.2 Å². The van der Waals surface area contributed by atoms with Gasteiger partial charge in [-0.05, 0) is 31.2 Å². The first-order valence-corrected chi connectivity index (χ1v) is 6.69. The second-order valence-corrected chi connectivity index (χ2v) is 5.34. The molecule has 8 heteroatoms. The molecular formula is C11H16ClFN2O3S. The van der Waals surface area contributed by atoms with Crippen LogP contribution in [0.4, 0.5) is 4.39 Å². The standard InChI is InChI=1S/C11H15FN2O3S.ClH/c1-8(13)9(6-12)7-17-10-2-4-11(5-3-10)18(14,15)16;/h2-6,8H,7,13H2,1H3,(H2,14,15,16);1H/b9-6-;/t8-;/m1./s1. The summed E-state index contributed by atoms with van der Waals surface area (Å²) in [6, 6.07) is 5.07. The van der Waals surface area contributed by atoms with Crippen LogP contribution in [0.25, 0.3) is 0 Å². The molecule has 19 heavy (non-hydrogen) atoms. The van der Waals surface area contributed by atoms with Crippen molar-refractivity contribution in [3.05, 3.63) is 36.2 Å². The van der Waals surface area contributed by atoms with Gasteiger partial charge in [0.1, 0.15) is 12.4 Å². The second-order valence-electron chi connectivity index (χ2n) is 3.78. The SMILES string of the molecule is C[C@@H](N)/C(=C\F)COc1ccc(S(N)(=O)=O)cc1.Cl. The molecule has 4 N–H and O–H groups in total. The summed E-state index contributed by atoms with van der Waals surface area (Å²) in [6.45, 7) is 1.64.